The first-order valence-corrected chi connectivity index (χ1v) is 6.92. The molecule has 2 rings (SSSR count). The molecule has 2 N–H and O–H groups in total. The molecular weight excluding hydrogens is 214 g/mol. The molecule has 0 saturated carbocycles. The molecule has 2 heterocycles. The minimum Gasteiger partial charge on any atom is -0.351 e. The Morgan fingerprint density at radius 3 is 2.59 bits per heavy atom. The smallest absolute Gasteiger partial charge is 0.234 e. The van der Waals surface area contributed by atoms with Crippen molar-refractivity contribution in [1.29, 1.82) is 0 Å². The summed E-state index contributed by atoms with van der Waals surface area (Å²) in [5.41, 5.74) is 0. The third-order valence-electron chi connectivity index (χ3n) is 4.12. The van der Waals surface area contributed by atoms with Gasteiger partial charge in [0.15, 0.2) is 0 Å². The van der Waals surface area contributed by atoms with Crippen LogP contribution in [0.2, 0.25) is 0 Å². The molecular formula is C13H25N3O. The van der Waals surface area contributed by atoms with E-state index >= 15 is 0 Å². The van der Waals surface area contributed by atoms with E-state index in [0.29, 0.717) is 24.7 Å². The molecule has 17 heavy (non-hydrogen) atoms. The van der Waals surface area contributed by atoms with Crippen LogP contribution in [-0.2, 0) is 4.79 Å². The van der Waals surface area contributed by atoms with Crippen molar-refractivity contribution in [1.82, 2.24) is 15.5 Å². The lowest BCUT2D eigenvalue weighted by Crippen LogP contribution is -2.49. The number of amides is 1. The van der Waals surface area contributed by atoms with Crippen LogP contribution in [0.15, 0.2) is 0 Å². The molecule has 98 valence electrons. The number of hydrogen-bond donors (Lipinski definition) is 2. The average molecular weight is 239 g/mol. The van der Waals surface area contributed by atoms with Gasteiger partial charge in [-0.15, -0.1) is 0 Å². The first kappa shape index (κ1) is 12.8. The summed E-state index contributed by atoms with van der Waals surface area (Å²) in [6.07, 6.45) is 4.73. The van der Waals surface area contributed by atoms with Crippen LogP contribution in [0.5, 0.6) is 0 Å². The Morgan fingerprint density at radius 1 is 1.29 bits per heavy atom. The van der Waals surface area contributed by atoms with Gasteiger partial charge in [-0.2, -0.15) is 0 Å². The summed E-state index contributed by atoms with van der Waals surface area (Å²) in [4.78, 5) is 14.3. The molecule has 2 aliphatic heterocycles. The maximum Gasteiger partial charge on any atom is 0.234 e. The molecule has 2 aliphatic rings. The van der Waals surface area contributed by atoms with E-state index in [0.717, 1.165) is 19.5 Å². The summed E-state index contributed by atoms with van der Waals surface area (Å²) >= 11 is 0. The normalized spacial score (nSPS) is 34.8. The molecule has 0 aromatic heterocycles. The second kappa shape index (κ2) is 5.83. The van der Waals surface area contributed by atoms with E-state index in [4.69, 9.17) is 0 Å². The third-order valence-corrected chi connectivity index (χ3v) is 4.12. The monoisotopic (exact) mass is 239 g/mol. The number of hydrogen-bond acceptors (Lipinski definition) is 3. The van der Waals surface area contributed by atoms with Gasteiger partial charge < -0.3 is 10.6 Å². The van der Waals surface area contributed by atoms with E-state index in [1.165, 1.54) is 19.3 Å². The molecule has 1 amide bonds. The van der Waals surface area contributed by atoms with Gasteiger partial charge in [0.25, 0.3) is 0 Å². The topological polar surface area (TPSA) is 44.4 Å². The highest BCUT2D eigenvalue weighted by Gasteiger charge is 2.29. The summed E-state index contributed by atoms with van der Waals surface area (Å²) in [5, 5.41) is 6.47. The number of likely N-dealkylation sites (tertiary alicyclic amines) is 1. The van der Waals surface area contributed by atoms with Crippen molar-refractivity contribution in [2.45, 2.75) is 57.7 Å². The molecule has 0 aromatic rings. The Kier molecular flexibility index (Phi) is 4.40. The van der Waals surface area contributed by atoms with Crippen molar-refractivity contribution in [2.75, 3.05) is 19.6 Å². The fourth-order valence-corrected chi connectivity index (χ4v) is 2.97. The van der Waals surface area contributed by atoms with E-state index < -0.39 is 0 Å². The minimum atomic E-state index is 0.194. The lowest BCUT2D eigenvalue weighted by atomic mass is 10.1. The summed E-state index contributed by atoms with van der Waals surface area (Å²) in [6, 6.07) is 1.45. The largest absolute Gasteiger partial charge is 0.351 e. The molecule has 3 atom stereocenters. The van der Waals surface area contributed by atoms with Gasteiger partial charge in [-0.05, 0) is 46.1 Å². The van der Waals surface area contributed by atoms with Gasteiger partial charge >= 0.3 is 0 Å². The van der Waals surface area contributed by atoms with Crippen molar-refractivity contribution in [3.05, 3.63) is 0 Å². The quantitative estimate of drug-likeness (QED) is 0.763. The molecule has 0 aromatic carbocycles. The lowest BCUT2D eigenvalue weighted by Gasteiger charge is -2.28. The van der Waals surface area contributed by atoms with Gasteiger partial charge in [-0.25, -0.2) is 0 Å². The molecule has 2 fully saturated rings. The third kappa shape index (κ3) is 3.42. The van der Waals surface area contributed by atoms with Crippen molar-refractivity contribution in [2.24, 2.45) is 0 Å². The first-order chi connectivity index (χ1) is 8.16. The van der Waals surface area contributed by atoms with Gasteiger partial charge in [-0.3, -0.25) is 9.69 Å². The van der Waals surface area contributed by atoms with Crippen molar-refractivity contribution < 1.29 is 4.79 Å². The van der Waals surface area contributed by atoms with Gasteiger partial charge in [0.1, 0.15) is 0 Å². The van der Waals surface area contributed by atoms with Gasteiger partial charge in [0, 0.05) is 24.7 Å². The maximum absolute atomic E-state index is 12.0. The number of nitrogens with one attached hydrogen (secondary N) is 2. The number of rotatable bonds is 3. The van der Waals surface area contributed by atoms with E-state index in [9.17, 15) is 4.79 Å². The second-order valence-electron chi connectivity index (χ2n) is 5.56. The summed E-state index contributed by atoms with van der Waals surface area (Å²) in [5.74, 6) is 0.194. The maximum atomic E-state index is 12.0. The number of carbonyl (C=O) groups is 1. The van der Waals surface area contributed by atoms with Crippen LogP contribution >= 0.6 is 0 Å². The lowest BCUT2D eigenvalue weighted by molar-refractivity contribution is -0.123. The molecule has 0 radical (unpaired) electrons. The van der Waals surface area contributed by atoms with Crippen LogP contribution in [-0.4, -0.2) is 48.6 Å². The highest BCUT2D eigenvalue weighted by molar-refractivity contribution is 5.78. The Bertz CT molecular complexity index is 253. The first-order valence-electron chi connectivity index (χ1n) is 6.92. The van der Waals surface area contributed by atoms with Crippen LogP contribution < -0.4 is 10.6 Å². The highest BCUT2D eigenvalue weighted by Crippen LogP contribution is 2.22. The minimum absolute atomic E-state index is 0.194. The molecule has 0 spiro atoms. The molecule has 4 heteroatoms. The van der Waals surface area contributed by atoms with E-state index in [1.807, 2.05) is 0 Å². The van der Waals surface area contributed by atoms with Crippen LogP contribution in [0.3, 0.4) is 0 Å². The summed E-state index contributed by atoms with van der Waals surface area (Å²) < 4.78 is 0. The zero-order chi connectivity index (χ0) is 12.3. The Balaban J connectivity index is 1.76. The van der Waals surface area contributed by atoms with Crippen LogP contribution in [0.1, 0.15) is 39.5 Å². The van der Waals surface area contributed by atoms with Gasteiger partial charge in [-0.1, -0.05) is 0 Å². The molecule has 0 aliphatic carbocycles. The molecule has 4 nitrogen and oxygen atoms in total. The zero-order valence-corrected chi connectivity index (χ0v) is 11.0. The SMILES string of the molecule is CC1CCC(C)N1CC(=O)N[C@H]1CCCNC1. The van der Waals surface area contributed by atoms with E-state index in [2.05, 4.69) is 29.4 Å². The average Bonchev–Trinajstić information content (AvgIpc) is 2.62. The second-order valence-corrected chi connectivity index (χ2v) is 5.56. The van der Waals surface area contributed by atoms with Crippen LogP contribution in [0, 0.1) is 0 Å². The van der Waals surface area contributed by atoms with Gasteiger partial charge in [0.2, 0.25) is 5.91 Å². The summed E-state index contributed by atoms with van der Waals surface area (Å²) in [7, 11) is 0. The van der Waals surface area contributed by atoms with Crippen LogP contribution in [0.4, 0.5) is 0 Å². The van der Waals surface area contributed by atoms with E-state index in [1.54, 1.807) is 0 Å². The van der Waals surface area contributed by atoms with E-state index in [-0.39, 0.29) is 5.91 Å². The van der Waals surface area contributed by atoms with Crippen molar-refractivity contribution in [3.8, 4) is 0 Å². The predicted molar refractivity (Wildman–Crippen MR) is 68.9 cm³/mol. The fourth-order valence-electron chi connectivity index (χ4n) is 2.97. The molecule has 2 unspecified atom stereocenters. The predicted octanol–water partition coefficient (Wildman–Crippen LogP) is 0.727. The van der Waals surface area contributed by atoms with Gasteiger partial charge in [0.05, 0.1) is 6.54 Å². The van der Waals surface area contributed by atoms with Crippen molar-refractivity contribution >= 4 is 5.91 Å². The van der Waals surface area contributed by atoms with Crippen molar-refractivity contribution in [3.63, 3.8) is 0 Å². The highest BCUT2D eigenvalue weighted by atomic mass is 16.2. The molecule has 0 bridgehead atoms. The summed E-state index contributed by atoms with van der Waals surface area (Å²) in [6.45, 7) is 7.03. The number of piperidine rings is 1. The fraction of sp³-hybridized carbons (Fsp3) is 0.923. The zero-order valence-electron chi connectivity index (χ0n) is 11.0. The Labute approximate surface area is 104 Å². The number of carbonyl (C=O) groups excluding carboxylic acids is 1. The molecule has 2 saturated heterocycles. The Morgan fingerprint density at radius 2 is 2.00 bits per heavy atom. The Hall–Kier alpha value is -0.610. The standard InChI is InChI=1S/C13H25N3O/c1-10-5-6-11(2)16(10)9-13(17)15-12-4-3-7-14-8-12/h10-12,14H,3-9H2,1-2H3,(H,15,17)/t10?,11?,12-/m0/s1. The van der Waals surface area contributed by atoms with Crippen LogP contribution in [0.25, 0.3) is 0 Å². The number of nitrogens with zero attached hydrogens (tertiary/aromatic N) is 1.